The van der Waals surface area contributed by atoms with E-state index in [9.17, 15) is 8.42 Å². The van der Waals surface area contributed by atoms with Gasteiger partial charge in [0.1, 0.15) is 10.8 Å². The molecule has 8 heteroatoms. The molecule has 0 aliphatic rings. The largest absolute Gasteiger partial charge is 0.497 e. The van der Waals surface area contributed by atoms with Gasteiger partial charge in [0.05, 0.1) is 17.3 Å². The summed E-state index contributed by atoms with van der Waals surface area (Å²) in [6, 6.07) is 12.9. The molecule has 0 atom stereocenters. The monoisotopic (exact) mass is 380 g/mol. The zero-order chi connectivity index (χ0) is 17.2. The minimum atomic E-state index is -3.44. The SMILES string of the molecule is COc1ccc2nc(SCS(=O)(=O)Nc3cccc(C)c3)sc2c1. The number of nitrogens with one attached hydrogen (secondary N) is 1. The van der Waals surface area contributed by atoms with E-state index >= 15 is 0 Å². The molecule has 5 nitrogen and oxygen atoms in total. The fraction of sp³-hybridized carbons (Fsp3) is 0.188. The van der Waals surface area contributed by atoms with Crippen molar-refractivity contribution < 1.29 is 13.2 Å². The van der Waals surface area contributed by atoms with Gasteiger partial charge in [-0.2, -0.15) is 0 Å². The number of thiazole rings is 1. The molecule has 0 saturated heterocycles. The van der Waals surface area contributed by atoms with Gasteiger partial charge in [-0.15, -0.1) is 11.3 Å². The second-order valence-corrected chi connectivity index (χ2v) is 9.50. The average Bonchev–Trinajstić information content (AvgIpc) is 2.94. The van der Waals surface area contributed by atoms with E-state index in [1.807, 2.05) is 37.3 Å². The molecule has 1 N–H and O–H groups in total. The quantitative estimate of drug-likeness (QED) is 0.652. The third kappa shape index (κ3) is 4.19. The van der Waals surface area contributed by atoms with Gasteiger partial charge < -0.3 is 4.74 Å². The first-order valence-corrected chi connectivity index (χ1v) is 10.6. The van der Waals surface area contributed by atoms with Crippen LogP contribution in [0.4, 0.5) is 5.69 Å². The number of sulfonamides is 1. The predicted molar refractivity (Wildman–Crippen MR) is 101 cm³/mol. The van der Waals surface area contributed by atoms with Gasteiger partial charge >= 0.3 is 0 Å². The first-order valence-electron chi connectivity index (χ1n) is 7.10. The lowest BCUT2D eigenvalue weighted by Gasteiger charge is -2.07. The van der Waals surface area contributed by atoms with E-state index in [4.69, 9.17) is 4.74 Å². The Morgan fingerprint density at radius 1 is 1.25 bits per heavy atom. The zero-order valence-electron chi connectivity index (χ0n) is 13.1. The average molecular weight is 381 g/mol. The smallest absolute Gasteiger partial charge is 0.242 e. The Balaban J connectivity index is 1.70. The Morgan fingerprint density at radius 2 is 2.08 bits per heavy atom. The number of rotatable bonds is 6. The van der Waals surface area contributed by atoms with Crippen LogP contribution in [0.2, 0.25) is 0 Å². The van der Waals surface area contributed by atoms with Gasteiger partial charge in [-0.25, -0.2) is 13.4 Å². The number of hydrogen-bond acceptors (Lipinski definition) is 6. The predicted octanol–water partition coefficient (Wildman–Crippen LogP) is 4.10. The molecule has 0 spiro atoms. The minimum Gasteiger partial charge on any atom is -0.497 e. The Hall–Kier alpha value is -1.77. The first-order chi connectivity index (χ1) is 11.4. The molecule has 0 bridgehead atoms. The van der Waals surface area contributed by atoms with Gasteiger partial charge in [-0.05, 0) is 42.8 Å². The number of nitrogens with zero attached hydrogens (tertiary/aromatic N) is 1. The number of hydrogen-bond donors (Lipinski definition) is 1. The van der Waals surface area contributed by atoms with Crippen molar-refractivity contribution in [2.24, 2.45) is 0 Å². The Morgan fingerprint density at radius 3 is 2.83 bits per heavy atom. The van der Waals surface area contributed by atoms with Crippen LogP contribution in [0, 0.1) is 6.92 Å². The standard InChI is InChI=1S/C16H16N2O3S3/c1-11-4-3-5-12(8-11)18-24(19,20)10-22-16-17-14-7-6-13(21-2)9-15(14)23-16/h3-9,18H,10H2,1-2H3. The number of benzene rings is 2. The third-order valence-electron chi connectivity index (χ3n) is 3.20. The Bertz CT molecular complexity index is 968. The molecule has 2 aromatic carbocycles. The van der Waals surface area contributed by atoms with Gasteiger partial charge in [-0.3, -0.25) is 4.72 Å². The summed E-state index contributed by atoms with van der Waals surface area (Å²) < 4.78 is 33.9. The van der Waals surface area contributed by atoms with E-state index in [1.165, 1.54) is 23.1 Å². The Labute approximate surface area is 149 Å². The summed E-state index contributed by atoms with van der Waals surface area (Å²) in [5.41, 5.74) is 2.42. The highest BCUT2D eigenvalue weighted by Crippen LogP contribution is 2.32. The molecule has 0 aliphatic carbocycles. The number of aromatic nitrogens is 1. The van der Waals surface area contributed by atoms with Crippen LogP contribution in [0.5, 0.6) is 5.75 Å². The van der Waals surface area contributed by atoms with Gasteiger partial charge in [-0.1, -0.05) is 23.9 Å². The van der Waals surface area contributed by atoms with Crippen LogP contribution in [-0.2, 0) is 10.0 Å². The molecule has 3 rings (SSSR count). The van der Waals surface area contributed by atoms with Crippen molar-refractivity contribution >= 4 is 49.0 Å². The van der Waals surface area contributed by atoms with Crippen LogP contribution >= 0.6 is 23.1 Å². The summed E-state index contributed by atoms with van der Waals surface area (Å²) in [4.78, 5) is 4.45. The molecule has 0 aliphatic heterocycles. The van der Waals surface area contributed by atoms with Crippen molar-refractivity contribution in [3.8, 4) is 5.75 Å². The normalized spacial score (nSPS) is 11.6. The summed E-state index contributed by atoms with van der Waals surface area (Å²) in [7, 11) is -1.83. The number of anilines is 1. The molecule has 1 aromatic heterocycles. The van der Waals surface area contributed by atoms with Crippen molar-refractivity contribution in [1.82, 2.24) is 4.98 Å². The Kier molecular flexibility index (Phi) is 4.98. The lowest BCUT2D eigenvalue weighted by Crippen LogP contribution is -2.14. The summed E-state index contributed by atoms with van der Waals surface area (Å²) >= 11 is 2.66. The van der Waals surface area contributed by atoms with Gasteiger partial charge in [0.15, 0.2) is 4.34 Å². The van der Waals surface area contributed by atoms with E-state index in [0.717, 1.165) is 21.5 Å². The molecule has 0 fully saturated rings. The molecule has 3 aromatic rings. The molecule has 24 heavy (non-hydrogen) atoms. The van der Waals surface area contributed by atoms with Crippen molar-refractivity contribution in [2.45, 2.75) is 11.3 Å². The van der Waals surface area contributed by atoms with Crippen LogP contribution in [0.3, 0.4) is 0 Å². The van der Waals surface area contributed by atoms with Crippen LogP contribution in [-0.4, -0.2) is 25.6 Å². The highest BCUT2D eigenvalue weighted by atomic mass is 32.3. The van der Waals surface area contributed by atoms with E-state index in [2.05, 4.69) is 9.71 Å². The lowest BCUT2D eigenvalue weighted by molar-refractivity contribution is 0.415. The lowest BCUT2D eigenvalue weighted by atomic mass is 10.2. The van der Waals surface area contributed by atoms with Gasteiger partial charge in [0, 0.05) is 5.69 Å². The second-order valence-electron chi connectivity index (χ2n) is 5.16. The van der Waals surface area contributed by atoms with E-state index in [-0.39, 0.29) is 5.08 Å². The maximum atomic E-state index is 12.2. The molecule has 126 valence electrons. The van der Waals surface area contributed by atoms with Crippen LogP contribution in [0.25, 0.3) is 10.2 Å². The van der Waals surface area contributed by atoms with Crippen LogP contribution < -0.4 is 9.46 Å². The van der Waals surface area contributed by atoms with Crippen molar-refractivity contribution in [2.75, 3.05) is 16.9 Å². The molecule has 0 unspecified atom stereocenters. The highest BCUT2D eigenvalue weighted by molar-refractivity contribution is 8.13. The van der Waals surface area contributed by atoms with E-state index in [1.54, 1.807) is 19.2 Å². The maximum absolute atomic E-state index is 12.2. The number of thioether (sulfide) groups is 1. The number of aryl methyl sites for hydroxylation is 1. The number of ether oxygens (including phenoxy) is 1. The second kappa shape index (κ2) is 7.00. The van der Waals surface area contributed by atoms with Crippen LogP contribution in [0.15, 0.2) is 46.8 Å². The van der Waals surface area contributed by atoms with Crippen molar-refractivity contribution in [1.29, 1.82) is 0 Å². The fourth-order valence-corrected chi connectivity index (χ4v) is 5.69. The minimum absolute atomic E-state index is 0.0854. The number of methoxy groups -OCH3 is 1. The third-order valence-corrected chi connectivity index (χ3v) is 7.22. The van der Waals surface area contributed by atoms with E-state index < -0.39 is 10.0 Å². The molecule has 0 saturated carbocycles. The van der Waals surface area contributed by atoms with E-state index in [0.29, 0.717) is 10.0 Å². The molecular weight excluding hydrogens is 364 g/mol. The zero-order valence-corrected chi connectivity index (χ0v) is 15.6. The number of fused-ring (bicyclic) bond motifs is 1. The van der Waals surface area contributed by atoms with Crippen molar-refractivity contribution in [3.63, 3.8) is 0 Å². The summed E-state index contributed by atoms with van der Waals surface area (Å²) in [6.45, 7) is 1.92. The summed E-state index contributed by atoms with van der Waals surface area (Å²) in [6.07, 6.45) is 0. The summed E-state index contributed by atoms with van der Waals surface area (Å²) in [5, 5.41) is -0.0854. The van der Waals surface area contributed by atoms with Gasteiger partial charge in [0.2, 0.25) is 10.0 Å². The van der Waals surface area contributed by atoms with Crippen LogP contribution in [0.1, 0.15) is 5.56 Å². The highest BCUT2D eigenvalue weighted by Gasteiger charge is 2.14. The molecule has 0 radical (unpaired) electrons. The molecule has 1 heterocycles. The van der Waals surface area contributed by atoms with Crippen molar-refractivity contribution in [3.05, 3.63) is 48.0 Å². The first kappa shape index (κ1) is 17.1. The topological polar surface area (TPSA) is 68.3 Å². The summed E-state index contributed by atoms with van der Waals surface area (Å²) in [5.74, 6) is 0.761. The molecular formula is C16H16N2O3S3. The maximum Gasteiger partial charge on any atom is 0.242 e. The fourth-order valence-electron chi connectivity index (χ4n) is 2.12. The molecule has 0 amide bonds. The van der Waals surface area contributed by atoms with Gasteiger partial charge in [0.25, 0.3) is 0 Å².